The average molecular weight is 342 g/mol. The zero-order chi connectivity index (χ0) is 17.9. The van der Waals surface area contributed by atoms with Crippen molar-refractivity contribution in [1.82, 2.24) is 10.2 Å². The fourth-order valence-electron chi connectivity index (χ4n) is 2.59. The van der Waals surface area contributed by atoms with Crippen molar-refractivity contribution in [2.75, 3.05) is 32.9 Å². The van der Waals surface area contributed by atoms with Crippen molar-refractivity contribution in [2.24, 2.45) is 10.9 Å². The Morgan fingerprint density at radius 2 is 2.04 bits per heavy atom. The summed E-state index contributed by atoms with van der Waals surface area (Å²) in [6.07, 6.45) is 3.17. The second-order valence-electron chi connectivity index (χ2n) is 6.69. The fourth-order valence-corrected chi connectivity index (χ4v) is 2.59. The molecule has 1 aliphatic rings. The van der Waals surface area contributed by atoms with Gasteiger partial charge in [-0.15, -0.1) is 0 Å². The lowest BCUT2D eigenvalue weighted by Gasteiger charge is -2.34. The quantitative estimate of drug-likeness (QED) is 0.458. The first-order valence-corrected chi connectivity index (χ1v) is 8.96. The van der Waals surface area contributed by atoms with Gasteiger partial charge in [-0.05, 0) is 18.8 Å². The lowest BCUT2D eigenvalue weighted by Crippen LogP contribution is -2.49. The van der Waals surface area contributed by atoms with E-state index in [9.17, 15) is 15.0 Å². The number of carbonyl (C=O) groups excluding carboxylic acids is 1. The number of aliphatic imine (C=N–C) groups is 1. The molecule has 1 rings (SSSR count). The van der Waals surface area contributed by atoms with Crippen molar-refractivity contribution >= 4 is 11.9 Å². The average Bonchev–Trinajstić information content (AvgIpc) is 2.58. The monoisotopic (exact) mass is 342 g/mol. The largest absolute Gasteiger partial charge is 0.846 e. The first-order chi connectivity index (χ1) is 11.5. The molecule has 1 aliphatic heterocycles. The third kappa shape index (κ3) is 7.49. The van der Waals surface area contributed by atoms with Gasteiger partial charge in [0, 0.05) is 13.1 Å². The first-order valence-electron chi connectivity index (χ1n) is 8.96. The zero-order valence-electron chi connectivity index (χ0n) is 15.2. The molecule has 0 saturated carbocycles. The van der Waals surface area contributed by atoms with Crippen molar-refractivity contribution in [3.05, 3.63) is 0 Å². The van der Waals surface area contributed by atoms with Gasteiger partial charge in [0.1, 0.15) is 6.04 Å². The summed E-state index contributed by atoms with van der Waals surface area (Å²) in [6, 6.07) is -1.34. The molecule has 7 nitrogen and oxygen atoms in total. The van der Waals surface area contributed by atoms with Gasteiger partial charge in [-0.1, -0.05) is 33.6 Å². The van der Waals surface area contributed by atoms with E-state index in [0.29, 0.717) is 32.7 Å². The summed E-state index contributed by atoms with van der Waals surface area (Å²) < 4.78 is 5.23. The molecule has 0 unspecified atom stereocenters. The highest BCUT2D eigenvalue weighted by atomic mass is 16.5. The van der Waals surface area contributed by atoms with Gasteiger partial charge < -0.3 is 25.2 Å². The van der Waals surface area contributed by atoms with Gasteiger partial charge in [0.05, 0.1) is 31.9 Å². The Bertz CT molecular complexity index is 395. The Balaban J connectivity index is 2.73. The minimum Gasteiger partial charge on any atom is -0.846 e. The van der Waals surface area contributed by atoms with Crippen molar-refractivity contribution in [3.8, 4) is 0 Å². The number of carbonyl (C=O) groups is 1. The predicted octanol–water partition coefficient (Wildman–Crippen LogP) is 0.117. The number of nitrogens with zero attached hydrogens (tertiary/aromatic N) is 2. The molecule has 1 fully saturated rings. The Hall–Kier alpha value is -1.34. The molecule has 0 bridgehead atoms. The van der Waals surface area contributed by atoms with E-state index in [0.717, 1.165) is 19.3 Å². The van der Waals surface area contributed by atoms with E-state index in [1.165, 1.54) is 0 Å². The van der Waals surface area contributed by atoms with E-state index in [1.54, 1.807) is 4.90 Å². The molecule has 7 heteroatoms. The van der Waals surface area contributed by atoms with E-state index in [-0.39, 0.29) is 30.5 Å². The Labute approximate surface area is 145 Å². The first kappa shape index (κ1) is 20.7. The second-order valence-corrected chi connectivity index (χ2v) is 6.69. The van der Waals surface area contributed by atoms with Crippen LogP contribution in [0.15, 0.2) is 4.99 Å². The van der Waals surface area contributed by atoms with Gasteiger partial charge in [-0.3, -0.25) is 9.79 Å². The van der Waals surface area contributed by atoms with Gasteiger partial charge in [0.25, 0.3) is 0 Å². The summed E-state index contributed by atoms with van der Waals surface area (Å²) in [6.45, 7) is 7.98. The number of hydrogen-bond acceptors (Lipinski definition) is 5. The molecule has 1 saturated heterocycles. The highest BCUT2D eigenvalue weighted by molar-refractivity contribution is 5.84. The van der Waals surface area contributed by atoms with Crippen LogP contribution in [0, 0.1) is 5.92 Å². The topological polar surface area (TPSA) is 97.2 Å². The maximum absolute atomic E-state index is 12.5. The van der Waals surface area contributed by atoms with Gasteiger partial charge in [0.15, 0.2) is 0 Å². The van der Waals surface area contributed by atoms with Crippen molar-refractivity contribution in [1.29, 1.82) is 0 Å². The molecule has 2 atom stereocenters. The van der Waals surface area contributed by atoms with Gasteiger partial charge in [-0.25, -0.2) is 0 Å². The molecule has 0 aromatic heterocycles. The van der Waals surface area contributed by atoms with Crippen LogP contribution in [-0.4, -0.2) is 66.9 Å². The Morgan fingerprint density at radius 3 is 2.58 bits per heavy atom. The normalized spacial score (nSPS) is 18.5. The fraction of sp³-hybridized carbons (Fsp3) is 0.882. The number of nitrogens with one attached hydrogen (secondary N) is 1. The number of ether oxygens (including phenoxy) is 1. The molecule has 0 aliphatic carbocycles. The Kier molecular flexibility index (Phi) is 9.71. The van der Waals surface area contributed by atoms with Gasteiger partial charge in [0.2, 0.25) is 5.91 Å². The zero-order valence-corrected chi connectivity index (χ0v) is 15.2. The highest BCUT2D eigenvalue weighted by Crippen LogP contribution is 2.11. The summed E-state index contributed by atoms with van der Waals surface area (Å²) >= 11 is 0. The molecule has 1 heterocycles. The minimum atomic E-state index is -0.712. The summed E-state index contributed by atoms with van der Waals surface area (Å²) in [7, 11) is 0. The molecule has 0 radical (unpaired) electrons. The molecule has 2 N–H and O–H groups in total. The van der Waals surface area contributed by atoms with Crippen LogP contribution in [0.3, 0.4) is 0 Å². The van der Waals surface area contributed by atoms with E-state index in [1.807, 2.05) is 13.8 Å². The van der Waals surface area contributed by atoms with Crippen LogP contribution in [0.4, 0.5) is 0 Å². The number of amidine groups is 1. The summed E-state index contributed by atoms with van der Waals surface area (Å²) in [5, 5.41) is 24.5. The van der Waals surface area contributed by atoms with Crippen LogP contribution < -0.4 is 10.4 Å². The Morgan fingerprint density at radius 1 is 1.38 bits per heavy atom. The second kappa shape index (κ2) is 11.3. The number of morpholine rings is 1. The van der Waals surface area contributed by atoms with E-state index >= 15 is 0 Å². The molecule has 24 heavy (non-hydrogen) atoms. The van der Waals surface area contributed by atoms with Crippen molar-refractivity contribution < 1.29 is 19.7 Å². The standard InChI is InChI=1S/C17H33N3O4/c1-4-5-6-14(12-21)18-16(22)15(11-13(2)3)19-17(23)20-7-9-24-10-8-20/h13-15,21H,4-12H2,1-3H3,(H,18,22)(H,19,23)/p-1/t14-,15-/m0/s1. The van der Waals surface area contributed by atoms with Crippen molar-refractivity contribution in [3.63, 3.8) is 0 Å². The molecule has 1 amide bonds. The number of amides is 1. The minimum absolute atomic E-state index is 0.0997. The number of aliphatic hydroxyl groups is 1. The maximum Gasteiger partial charge on any atom is 0.245 e. The third-order valence-corrected chi connectivity index (χ3v) is 4.02. The molecular formula is C17H32N3O4-. The van der Waals surface area contributed by atoms with Crippen LogP contribution in [0.2, 0.25) is 0 Å². The molecule has 0 aromatic carbocycles. The molecule has 140 valence electrons. The van der Waals surface area contributed by atoms with Crippen LogP contribution in [0.1, 0.15) is 46.5 Å². The van der Waals surface area contributed by atoms with Crippen LogP contribution in [0.5, 0.6) is 0 Å². The van der Waals surface area contributed by atoms with Crippen LogP contribution >= 0.6 is 0 Å². The lowest BCUT2D eigenvalue weighted by atomic mass is 10.0. The lowest BCUT2D eigenvalue weighted by molar-refractivity contribution is -0.238. The molecule has 0 spiro atoms. The van der Waals surface area contributed by atoms with E-state index < -0.39 is 6.04 Å². The highest BCUT2D eigenvalue weighted by Gasteiger charge is 2.22. The van der Waals surface area contributed by atoms with Crippen LogP contribution in [0.25, 0.3) is 0 Å². The third-order valence-electron chi connectivity index (χ3n) is 4.02. The number of unbranched alkanes of at least 4 members (excludes halogenated alkanes) is 1. The van der Waals surface area contributed by atoms with E-state index in [2.05, 4.69) is 17.2 Å². The smallest absolute Gasteiger partial charge is 0.245 e. The number of aliphatic hydroxyl groups excluding tert-OH is 1. The molecule has 0 aromatic rings. The van der Waals surface area contributed by atoms with Crippen molar-refractivity contribution in [2.45, 2.75) is 58.5 Å². The maximum atomic E-state index is 12.5. The molecular weight excluding hydrogens is 310 g/mol. The number of rotatable bonds is 9. The summed E-state index contributed by atoms with van der Waals surface area (Å²) in [5.41, 5.74) is 0. The van der Waals surface area contributed by atoms with Crippen LogP contribution in [-0.2, 0) is 9.53 Å². The summed E-state index contributed by atoms with van der Waals surface area (Å²) in [5.74, 6) is -0.0364. The van der Waals surface area contributed by atoms with Gasteiger partial charge >= 0.3 is 0 Å². The number of hydrogen-bond donors (Lipinski definition) is 2. The summed E-state index contributed by atoms with van der Waals surface area (Å²) in [4.78, 5) is 18.3. The predicted molar refractivity (Wildman–Crippen MR) is 91.6 cm³/mol. The van der Waals surface area contributed by atoms with E-state index in [4.69, 9.17) is 4.74 Å². The van der Waals surface area contributed by atoms with Gasteiger partial charge in [-0.2, -0.15) is 0 Å². The SMILES string of the molecule is CCCC[C@@H](CO)NC(=O)[C@H](CC(C)C)N=C([O-])N1CCOCC1.